The second-order valence-electron chi connectivity index (χ2n) is 12.0. The first-order valence-corrected chi connectivity index (χ1v) is 15.6. The first kappa shape index (κ1) is 28.7. The smallest absolute Gasteiger partial charge is 0.255 e. The number of rotatable bonds is 8. The Morgan fingerprint density at radius 2 is 1.51 bits per heavy atom. The maximum absolute atomic E-state index is 13.3. The zero-order valence-corrected chi connectivity index (χ0v) is 25.4. The molecule has 2 N–H and O–H groups in total. The minimum Gasteiger partial charge on any atom is -0.336 e. The van der Waals surface area contributed by atoms with Gasteiger partial charge in [-0.3, -0.25) is 14.5 Å². The highest BCUT2D eigenvalue weighted by molar-refractivity contribution is 6.06. The molecule has 1 saturated carbocycles. The Balaban J connectivity index is 1.02. The summed E-state index contributed by atoms with van der Waals surface area (Å²) in [7, 11) is 0. The van der Waals surface area contributed by atoms with Crippen LogP contribution >= 0.6 is 0 Å². The number of carbonyl (C=O) groups excluding carboxylic acids is 2. The van der Waals surface area contributed by atoms with Gasteiger partial charge in [0.15, 0.2) is 0 Å². The third-order valence-electron chi connectivity index (χ3n) is 8.66. The van der Waals surface area contributed by atoms with Gasteiger partial charge in [-0.05, 0) is 73.7 Å². The summed E-state index contributed by atoms with van der Waals surface area (Å²) in [6.07, 6.45) is 2.68. The molecular weight excluding hydrogens is 560 g/mol. The van der Waals surface area contributed by atoms with Crippen molar-refractivity contribution in [1.29, 1.82) is 0 Å². The van der Waals surface area contributed by atoms with E-state index in [0.717, 1.165) is 72.1 Å². The van der Waals surface area contributed by atoms with Crippen LogP contribution in [0.4, 0.5) is 17.3 Å². The van der Waals surface area contributed by atoms with Gasteiger partial charge >= 0.3 is 0 Å². The first-order valence-electron chi connectivity index (χ1n) is 15.6. The van der Waals surface area contributed by atoms with Crippen molar-refractivity contribution in [3.8, 4) is 11.3 Å². The van der Waals surface area contributed by atoms with E-state index in [4.69, 9.17) is 9.97 Å². The lowest BCUT2D eigenvalue weighted by Crippen LogP contribution is -2.49. The molecule has 2 amide bonds. The van der Waals surface area contributed by atoms with Crippen molar-refractivity contribution >= 4 is 40.0 Å². The van der Waals surface area contributed by atoms with E-state index >= 15 is 0 Å². The van der Waals surface area contributed by atoms with Gasteiger partial charge in [-0.1, -0.05) is 54.6 Å². The predicted molar refractivity (Wildman–Crippen MR) is 179 cm³/mol. The molecule has 5 aromatic rings. The number of para-hydroxylation sites is 1. The van der Waals surface area contributed by atoms with Crippen molar-refractivity contribution in [3.63, 3.8) is 0 Å². The number of piperazine rings is 1. The number of aryl methyl sites for hydroxylation is 1. The Labute approximate surface area is 263 Å². The molecule has 2 fully saturated rings. The number of hydrogen-bond donors (Lipinski definition) is 2. The fraction of sp³-hybridized carbons (Fsp3) is 0.243. The molecule has 0 atom stereocenters. The second kappa shape index (κ2) is 12.5. The van der Waals surface area contributed by atoms with Crippen LogP contribution in [0.15, 0.2) is 97.1 Å². The van der Waals surface area contributed by atoms with E-state index in [2.05, 4.69) is 15.5 Å². The Morgan fingerprint density at radius 3 is 2.27 bits per heavy atom. The van der Waals surface area contributed by atoms with E-state index in [1.165, 1.54) is 12.8 Å². The van der Waals surface area contributed by atoms with Crippen molar-refractivity contribution in [2.75, 3.05) is 43.4 Å². The van der Waals surface area contributed by atoms with Gasteiger partial charge in [0.1, 0.15) is 0 Å². The predicted octanol–water partition coefficient (Wildman–Crippen LogP) is 6.77. The van der Waals surface area contributed by atoms with Crippen LogP contribution in [0.5, 0.6) is 0 Å². The number of nitrogens with one attached hydrogen (secondary N) is 2. The van der Waals surface area contributed by atoms with Crippen molar-refractivity contribution in [2.24, 2.45) is 5.92 Å². The highest BCUT2D eigenvalue weighted by Crippen LogP contribution is 2.30. The van der Waals surface area contributed by atoms with Crippen molar-refractivity contribution in [3.05, 3.63) is 114 Å². The number of nitrogens with zero attached hydrogens (tertiary/aromatic N) is 4. The molecule has 1 aliphatic heterocycles. The minimum atomic E-state index is -0.240. The van der Waals surface area contributed by atoms with Crippen LogP contribution in [0, 0.1) is 12.8 Å². The van der Waals surface area contributed by atoms with Crippen molar-refractivity contribution in [1.82, 2.24) is 19.8 Å². The minimum absolute atomic E-state index is 0.0123. The second-order valence-corrected chi connectivity index (χ2v) is 12.0. The fourth-order valence-electron chi connectivity index (χ4n) is 5.85. The van der Waals surface area contributed by atoms with Crippen LogP contribution in [0.25, 0.3) is 22.2 Å². The van der Waals surface area contributed by atoms with Crippen LogP contribution in [-0.4, -0.2) is 64.3 Å². The third-order valence-corrected chi connectivity index (χ3v) is 8.66. The van der Waals surface area contributed by atoms with Crippen LogP contribution in [0.3, 0.4) is 0 Å². The molecule has 8 heteroatoms. The lowest BCUT2D eigenvalue weighted by molar-refractivity contribution is 0.0632. The number of carbonyl (C=O) groups is 2. The number of hydrogen-bond acceptors (Lipinski definition) is 6. The number of benzene rings is 4. The van der Waals surface area contributed by atoms with Gasteiger partial charge in [-0.25, -0.2) is 9.97 Å². The first-order chi connectivity index (χ1) is 22.0. The van der Waals surface area contributed by atoms with Crippen molar-refractivity contribution in [2.45, 2.75) is 19.8 Å². The highest BCUT2D eigenvalue weighted by Gasteiger charge is 2.28. The van der Waals surface area contributed by atoms with Crippen molar-refractivity contribution < 1.29 is 9.59 Å². The maximum atomic E-state index is 13.3. The number of anilines is 3. The number of amides is 2. The molecule has 8 nitrogen and oxygen atoms in total. The molecular formula is C37H36N6O2. The van der Waals surface area contributed by atoms with E-state index in [-0.39, 0.29) is 11.8 Å². The molecule has 1 saturated heterocycles. The molecule has 2 heterocycles. The van der Waals surface area contributed by atoms with Gasteiger partial charge in [0.2, 0.25) is 5.95 Å². The van der Waals surface area contributed by atoms with E-state index in [1.807, 2.05) is 90.7 Å². The van der Waals surface area contributed by atoms with Gasteiger partial charge in [-0.2, -0.15) is 0 Å². The van der Waals surface area contributed by atoms with Crippen LogP contribution in [0.2, 0.25) is 0 Å². The maximum Gasteiger partial charge on any atom is 0.255 e. The molecule has 7 rings (SSSR count). The monoisotopic (exact) mass is 596 g/mol. The fourth-order valence-corrected chi connectivity index (χ4v) is 5.85. The summed E-state index contributed by atoms with van der Waals surface area (Å²) in [5, 5.41) is 7.29. The molecule has 1 aromatic heterocycles. The Hall–Kier alpha value is -5.08. The van der Waals surface area contributed by atoms with Gasteiger partial charge in [0.05, 0.1) is 11.2 Å². The SMILES string of the molecule is Cc1ccc(C(=O)N2CCN(CC3CC3)CC2)cc1NC(=O)c1ccc(Nc2nc(-c3ccccc3)c3ccccc3n2)cc1. The summed E-state index contributed by atoms with van der Waals surface area (Å²) in [5.41, 5.74) is 6.11. The zero-order chi connectivity index (χ0) is 30.8. The van der Waals surface area contributed by atoms with E-state index in [9.17, 15) is 9.59 Å². The van der Waals surface area contributed by atoms with E-state index < -0.39 is 0 Å². The molecule has 226 valence electrons. The van der Waals surface area contributed by atoms with Gasteiger partial charge < -0.3 is 15.5 Å². The average molecular weight is 597 g/mol. The summed E-state index contributed by atoms with van der Waals surface area (Å²) in [6, 6.07) is 30.8. The molecule has 0 bridgehead atoms. The molecule has 0 unspecified atom stereocenters. The van der Waals surface area contributed by atoms with Gasteiger partial charge in [0, 0.05) is 66.2 Å². The normalized spacial score (nSPS) is 15.2. The molecule has 0 radical (unpaired) electrons. The Kier molecular flexibility index (Phi) is 7.96. The van der Waals surface area contributed by atoms with E-state index in [0.29, 0.717) is 22.8 Å². The molecule has 2 aliphatic rings. The van der Waals surface area contributed by atoms with Crippen LogP contribution in [-0.2, 0) is 0 Å². The molecule has 45 heavy (non-hydrogen) atoms. The van der Waals surface area contributed by atoms with Gasteiger partial charge in [-0.15, -0.1) is 0 Å². The quantitative estimate of drug-likeness (QED) is 0.206. The zero-order valence-electron chi connectivity index (χ0n) is 25.4. The Morgan fingerprint density at radius 1 is 0.800 bits per heavy atom. The standard InChI is InChI=1S/C37H36N6O2/c1-25-11-14-29(36(45)43-21-19-42(20-22-43)24-26-12-13-26)23-33(25)39-35(44)28-15-17-30(18-16-28)38-37-40-32-10-6-5-9-31(32)34(41-37)27-7-3-2-4-8-27/h2-11,14-18,23,26H,12-13,19-22,24H2,1H3,(H,39,44)(H,38,40,41). The van der Waals surface area contributed by atoms with Crippen LogP contribution < -0.4 is 10.6 Å². The number of aromatic nitrogens is 2. The molecule has 0 spiro atoms. The average Bonchev–Trinajstić information content (AvgIpc) is 3.90. The topological polar surface area (TPSA) is 90.5 Å². The highest BCUT2D eigenvalue weighted by atomic mass is 16.2. The molecule has 4 aromatic carbocycles. The molecule has 1 aliphatic carbocycles. The van der Waals surface area contributed by atoms with E-state index in [1.54, 1.807) is 18.2 Å². The summed E-state index contributed by atoms with van der Waals surface area (Å²) in [5.74, 6) is 1.11. The van der Waals surface area contributed by atoms with Gasteiger partial charge in [0.25, 0.3) is 11.8 Å². The summed E-state index contributed by atoms with van der Waals surface area (Å²) >= 11 is 0. The number of fused-ring (bicyclic) bond motifs is 1. The van der Waals surface area contributed by atoms with Crippen LogP contribution in [0.1, 0.15) is 39.1 Å². The summed E-state index contributed by atoms with van der Waals surface area (Å²) in [6.45, 7) is 6.40. The summed E-state index contributed by atoms with van der Waals surface area (Å²) in [4.78, 5) is 40.5. The lowest BCUT2D eigenvalue weighted by Gasteiger charge is -2.35. The summed E-state index contributed by atoms with van der Waals surface area (Å²) < 4.78 is 0. The third kappa shape index (κ3) is 6.56. The largest absolute Gasteiger partial charge is 0.336 e. The lowest BCUT2D eigenvalue weighted by atomic mass is 10.1. The Bertz CT molecular complexity index is 1850.